The maximum Gasteiger partial charge on any atom is 0.573 e. The van der Waals surface area contributed by atoms with Crippen LogP contribution in [0, 0.1) is 5.82 Å². The molecule has 0 bridgehead atoms. The molecule has 1 aliphatic heterocycles. The molecule has 17 heteroatoms. The van der Waals surface area contributed by atoms with Crippen molar-refractivity contribution in [3.8, 4) is 34.4 Å². The van der Waals surface area contributed by atoms with Gasteiger partial charge in [0.1, 0.15) is 11.4 Å². The molecule has 1 N–H and O–H groups in total. The number of methoxy groups -OCH3 is 1. The van der Waals surface area contributed by atoms with Gasteiger partial charge < -0.3 is 34.1 Å². The third kappa shape index (κ3) is 8.26. The zero-order valence-corrected chi connectivity index (χ0v) is 29.4. The van der Waals surface area contributed by atoms with Gasteiger partial charge in [-0.15, -0.1) is 18.3 Å². The molecule has 1 aliphatic carbocycles. The van der Waals surface area contributed by atoms with Crippen molar-refractivity contribution in [2.75, 3.05) is 58.8 Å². The number of rotatable bonds is 13. The van der Waals surface area contributed by atoms with Crippen molar-refractivity contribution in [3.05, 3.63) is 89.0 Å². The van der Waals surface area contributed by atoms with Gasteiger partial charge in [0.05, 0.1) is 19.2 Å². The Labute approximate surface area is 306 Å². The van der Waals surface area contributed by atoms with E-state index in [-0.39, 0.29) is 29.0 Å². The maximum absolute atomic E-state index is 15.5. The molecule has 284 valence electrons. The number of nitrogens with one attached hydrogen (secondary N) is 1. The van der Waals surface area contributed by atoms with Gasteiger partial charge in [0.25, 0.3) is 5.91 Å². The third-order valence-corrected chi connectivity index (χ3v) is 9.11. The summed E-state index contributed by atoms with van der Waals surface area (Å²) in [7, 11) is 3.65. The minimum atomic E-state index is -5.03. The fourth-order valence-corrected chi connectivity index (χ4v) is 6.19. The standard InChI is InChI=1S/C37H37F4N7O6/c1-45-15-17-46(18-16-45)14-5-19-52-33-22-27-25(21-32(33)51-2)29(12-13-42-27)53-30-11-8-23(20-26(30)38)43-35(49)34-44-48(36(50)47(34)24-9-10-24)28-6-3-4-7-31(28)54-37(39,40)41/h3-4,6-8,11-13,20-22,24H,5,9-10,14-19H2,1-2H3,(H,43,49). The fraction of sp³-hybridized carbons (Fsp3) is 0.351. The van der Waals surface area contributed by atoms with Crippen molar-refractivity contribution < 1.29 is 41.3 Å². The van der Waals surface area contributed by atoms with Gasteiger partial charge in [0, 0.05) is 68.2 Å². The van der Waals surface area contributed by atoms with E-state index in [1.54, 1.807) is 18.2 Å². The summed E-state index contributed by atoms with van der Waals surface area (Å²) in [5.74, 6) is -1.58. The van der Waals surface area contributed by atoms with Crippen LogP contribution in [0.15, 0.2) is 71.7 Å². The van der Waals surface area contributed by atoms with E-state index in [0.717, 1.165) is 55.8 Å². The van der Waals surface area contributed by atoms with Crippen molar-refractivity contribution in [1.29, 1.82) is 0 Å². The number of hydrogen-bond acceptors (Lipinski definition) is 10. The van der Waals surface area contributed by atoms with Gasteiger partial charge in [-0.2, -0.15) is 4.68 Å². The Bertz CT molecular complexity index is 2210. The average molecular weight is 752 g/mol. The van der Waals surface area contributed by atoms with E-state index in [1.807, 2.05) is 0 Å². The second kappa shape index (κ2) is 15.4. The summed E-state index contributed by atoms with van der Waals surface area (Å²) in [5.41, 5.74) is -0.564. The van der Waals surface area contributed by atoms with E-state index in [9.17, 15) is 22.8 Å². The number of nitrogens with zero attached hydrogens (tertiary/aromatic N) is 6. The number of halogens is 4. The van der Waals surface area contributed by atoms with Gasteiger partial charge in [-0.1, -0.05) is 12.1 Å². The minimum absolute atomic E-state index is 0.0191. The molecule has 2 fully saturated rings. The molecule has 0 spiro atoms. The summed E-state index contributed by atoms with van der Waals surface area (Å²) >= 11 is 0. The number of para-hydroxylation sites is 2. The first kappa shape index (κ1) is 36.7. The third-order valence-electron chi connectivity index (χ3n) is 9.11. The number of likely N-dealkylation sites (N-methyl/N-ethyl adjacent to an activating group) is 1. The highest BCUT2D eigenvalue weighted by molar-refractivity contribution is 6.01. The van der Waals surface area contributed by atoms with Gasteiger partial charge in [-0.25, -0.2) is 9.18 Å². The van der Waals surface area contributed by atoms with E-state index >= 15 is 4.39 Å². The number of amides is 1. The van der Waals surface area contributed by atoms with E-state index < -0.39 is 29.5 Å². The van der Waals surface area contributed by atoms with Crippen molar-refractivity contribution in [3.63, 3.8) is 0 Å². The number of piperazine rings is 1. The molecule has 0 radical (unpaired) electrons. The SMILES string of the molecule is COc1cc2c(Oc3ccc(NC(=O)c4nn(-c5ccccc5OC(F)(F)F)c(=O)n4C4CC4)cc3F)ccnc2cc1OCCCN1CCN(C)CC1. The zero-order valence-electron chi connectivity index (χ0n) is 29.4. The Morgan fingerprint density at radius 1 is 0.944 bits per heavy atom. The quantitative estimate of drug-likeness (QED) is 0.113. The number of alkyl halides is 3. The van der Waals surface area contributed by atoms with Crippen LogP contribution in [0.5, 0.6) is 28.7 Å². The molecule has 2 aliphatic rings. The highest BCUT2D eigenvalue weighted by Crippen LogP contribution is 2.39. The van der Waals surface area contributed by atoms with Crippen molar-refractivity contribution >= 4 is 22.5 Å². The second-order valence-electron chi connectivity index (χ2n) is 13.0. The van der Waals surface area contributed by atoms with Crippen LogP contribution in [0.3, 0.4) is 0 Å². The molecule has 3 aromatic carbocycles. The predicted octanol–water partition coefficient (Wildman–Crippen LogP) is 6.02. The number of hydrogen-bond donors (Lipinski definition) is 1. The highest BCUT2D eigenvalue weighted by atomic mass is 19.4. The number of ether oxygens (including phenoxy) is 4. The topological polar surface area (TPSA) is 125 Å². The first-order valence-electron chi connectivity index (χ1n) is 17.3. The van der Waals surface area contributed by atoms with Gasteiger partial charge in [0.15, 0.2) is 28.8 Å². The van der Waals surface area contributed by atoms with Crippen LogP contribution in [0.25, 0.3) is 16.6 Å². The summed E-state index contributed by atoms with van der Waals surface area (Å²) in [4.78, 5) is 35.9. The molecule has 13 nitrogen and oxygen atoms in total. The molecule has 5 aromatic rings. The second-order valence-corrected chi connectivity index (χ2v) is 13.0. The molecule has 0 unspecified atom stereocenters. The predicted molar refractivity (Wildman–Crippen MR) is 190 cm³/mol. The average Bonchev–Trinajstić information content (AvgIpc) is 3.92. The Morgan fingerprint density at radius 2 is 1.72 bits per heavy atom. The lowest BCUT2D eigenvalue weighted by molar-refractivity contribution is -0.274. The van der Waals surface area contributed by atoms with E-state index in [0.29, 0.717) is 52.3 Å². The Morgan fingerprint density at radius 3 is 2.44 bits per heavy atom. The van der Waals surface area contributed by atoms with E-state index in [1.165, 1.54) is 43.6 Å². The maximum atomic E-state index is 15.5. The van der Waals surface area contributed by atoms with Crippen LogP contribution < -0.4 is 30.0 Å². The van der Waals surface area contributed by atoms with Crippen molar-refractivity contribution in [2.24, 2.45) is 0 Å². The zero-order chi connectivity index (χ0) is 38.0. The Kier molecular flexibility index (Phi) is 10.4. The van der Waals surface area contributed by atoms with Crippen LogP contribution in [0.1, 0.15) is 35.9 Å². The molecule has 1 amide bonds. The van der Waals surface area contributed by atoms with Crippen LogP contribution >= 0.6 is 0 Å². The number of aromatic nitrogens is 4. The van der Waals surface area contributed by atoms with Crippen LogP contribution in [-0.2, 0) is 0 Å². The van der Waals surface area contributed by atoms with Crippen molar-refractivity contribution in [1.82, 2.24) is 29.1 Å². The number of anilines is 1. The summed E-state index contributed by atoms with van der Waals surface area (Å²) < 4.78 is 78.2. The van der Waals surface area contributed by atoms with Gasteiger partial charge in [-0.3, -0.25) is 14.3 Å². The number of carbonyl (C=O) groups is 1. The van der Waals surface area contributed by atoms with Crippen LogP contribution in [-0.4, -0.2) is 94.9 Å². The summed E-state index contributed by atoms with van der Waals surface area (Å²) in [6, 6.07) is 13.4. The Balaban J connectivity index is 1.06. The molecule has 2 aromatic heterocycles. The van der Waals surface area contributed by atoms with Crippen LogP contribution in [0.2, 0.25) is 0 Å². The van der Waals surface area contributed by atoms with Crippen molar-refractivity contribution in [2.45, 2.75) is 31.7 Å². The highest BCUT2D eigenvalue weighted by Gasteiger charge is 2.35. The van der Waals surface area contributed by atoms with Crippen LogP contribution in [0.4, 0.5) is 23.2 Å². The van der Waals surface area contributed by atoms with Gasteiger partial charge in [-0.05, 0) is 62.7 Å². The smallest absolute Gasteiger partial charge is 0.493 e. The molecule has 0 atom stereocenters. The molecule has 3 heterocycles. The lowest BCUT2D eigenvalue weighted by Crippen LogP contribution is -2.44. The number of fused-ring (bicyclic) bond motifs is 1. The molecule has 54 heavy (non-hydrogen) atoms. The molecular weight excluding hydrogens is 714 g/mol. The number of benzene rings is 3. The summed E-state index contributed by atoms with van der Waals surface area (Å²) in [6.07, 6.45) is -1.53. The van der Waals surface area contributed by atoms with Gasteiger partial charge >= 0.3 is 12.1 Å². The summed E-state index contributed by atoms with van der Waals surface area (Å²) in [5, 5.41) is 7.15. The largest absolute Gasteiger partial charge is 0.573 e. The Hall–Kier alpha value is -5.68. The minimum Gasteiger partial charge on any atom is -0.493 e. The first-order valence-corrected chi connectivity index (χ1v) is 17.3. The monoisotopic (exact) mass is 751 g/mol. The molecular formula is C37H37F4N7O6. The lowest BCUT2D eigenvalue weighted by Gasteiger charge is -2.32. The normalized spacial score (nSPS) is 15.3. The molecule has 1 saturated carbocycles. The molecule has 7 rings (SSSR count). The number of carbonyl (C=O) groups excluding carboxylic acids is 1. The van der Waals surface area contributed by atoms with Gasteiger partial charge in [0.2, 0.25) is 5.82 Å². The van der Waals surface area contributed by atoms with E-state index in [4.69, 9.17) is 14.2 Å². The fourth-order valence-electron chi connectivity index (χ4n) is 6.19. The lowest BCUT2D eigenvalue weighted by atomic mass is 10.1. The number of pyridine rings is 1. The first-order chi connectivity index (χ1) is 26.0. The van der Waals surface area contributed by atoms with E-state index in [2.05, 4.69) is 37.0 Å². The summed E-state index contributed by atoms with van der Waals surface area (Å²) in [6.45, 7) is 5.57. The molecule has 1 saturated heterocycles.